The molecule has 140 valence electrons. The Morgan fingerprint density at radius 2 is 1.76 bits per heavy atom. The molecule has 0 aliphatic rings. The molecule has 0 saturated heterocycles. The van der Waals surface area contributed by atoms with Crippen molar-refractivity contribution in [3.8, 4) is 11.5 Å². The predicted molar refractivity (Wildman–Crippen MR) is 92.6 cm³/mol. The van der Waals surface area contributed by atoms with Crippen LogP contribution in [0.4, 0.5) is 0 Å². The molecule has 1 amide bonds. The van der Waals surface area contributed by atoms with Crippen LogP contribution in [0.5, 0.6) is 11.5 Å². The van der Waals surface area contributed by atoms with Crippen LogP contribution >= 0.6 is 0 Å². The van der Waals surface area contributed by atoms with Crippen LogP contribution in [0.25, 0.3) is 0 Å². The van der Waals surface area contributed by atoms with Crippen molar-refractivity contribution in [3.63, 3.8) is 0 Å². The molecule has 1 N–H and O–H groups in total. The average molecular weight is 353 g/mol. The third-order valence-corrected chi connectivity index (χ3v) is 3.53. The first-order valence-corrected chi connectivity index (χ1v) is 8.33. The lowest BCUT2D eigenvalue weighted by Crippen LogP contribution is -2.40. The summed E-state index contributed by atoms with van der Waals surface area (Å²) in [5, 5.41) is 8.99. The Kier molecular flexibility index (Phi) is 9.39. The molecule has 0 aromatic heterocycles. The van der Waals surface area contributed by atoms with Gasteiger partial charge in [-0.1, -0.05) is 6.92 Å². The maximum absolute atomic E-state index is 12.4. The lowest BCUT2D eigenvalue weighted by Gasteiger charge is -2.25. The van der Waals surface area contributed by atoms with Gasteiger partial charge in [0.25, 0.3) is 5.91 Å². The molecule has 0 aliphatic carbocycles. The number of methoxy groups -OCH3 is 1. The number of aliphatic hydroxyl groups is 1. The zero-order chi connectivity index (χ0) is 18.7. The van der Waals surface area contributed by atoms with Gasteiger partial charge in [-0.25, -0.2) is 0 Å². The van der Waals surface area contributed by atoms with Crippen LogP contribution in [0.2, 0.25) is 0 Å². The highest BCUT2D eigenvalue weighted by molar-refractivity contribution is 5.79. The predicted octanol–water partition coefficient (Wildman–Crippen LogP) is 1.48. The molecule has 1 unspecified atom stereocenters. The van der Waals surface area contributed by atoms with Gasteiger partial charge in [-0.05, 0) is 37.6 Å². The van der Waals surface area contributed by atoms with E-state index in [4.69, 9.17) is 14.6 Å². The fraction of sp³-hybridized carbons (Fsp3) is 0.556. The van der Waals surface area contributed by atoms with Crippen molar-refractivity contribution < 1.29 is 28.9 Å². The molecule has 0 radical (unpaired) electrons. The number of hydrogen-bond donors (Lipinski definition) is 1. The Morgan fingerprint density at radius 1 is 1.16 bits per heavy atom. The number of aliphatic hydroxyl groups excluding tert-OH is 1. The van der Waals surface area contributed by atoms with E-state index in [-0.39, 0.29) is 31.6 Å². The first-order valence-electron chi connectivity index (χ1n) is 8.33. The summed E-state index contributed by atoms with van der Waals surface area (Å²) in [4.78, 5) is 25.4. The first kappa shape index (κ1) is 20.8. The van der Waals surface area contributed by atoms with E-state index in [0.717, 1.165) is 5.75 Å². The summed E-state index contributed by atoms with van der Waals surface area (Å²) in [6.07, 6.45) is 0.433. The Bertz CT molecular complexity index is 531. The topological polar surface area (TPSA) is 85.3 Å². The number of esters is 1. The zero-order valence-electron chi connectivity index (χ0n) is 15.1. The van der Waals surface area contributed by atoms with E-state index in [2.05, 4.69) is 4.74 Å². The third kappa shape index (κ3) is 7.43. The van der Waals surface area contributed by atoms with Crippen molar-refractivity contribution in [2.75, 3.05) is 40.0 Å². The zero-order valence-corrected chi connectivity index (χ0v) is 15.1. The second-order valence-electron chi connectivity index (χ2n) is 5.53. The van der Waals surface area contributed by atoms with Crippen molar-refractivity contribution in [3.05, 3.63) is 24.3 Å². The standard InChI is InChI=1S/C18H27NO6/c1-4-24-15-6-8-16(9-7-15)25-13-17(21)19(10-5-11-20)12-14(2)18(22)23-3/h6-9,14,20H,4-5,10-13H2,1-3H3. The fourth-order valence-corrected chi connectivity index (χ4v) is 2.22. The number of carbonyl (C=O) groups excluding carboxylic acids is 2. The summed E-state index contributed by atoms with van der Waals surface area (Å²) >= 11 is 0. The van der Waals surface area contributed by atoms with E-state index < -0.39 is 5.92 Å². The van der Waals surface area contributed by atoms with Crippen molar-refractivity contribution in [1.82, 2.24) is 4.90 Å². The van der Waals surface area contributed by atoms with Crippen molar-refractivity contribution >= 4 is 11.9 Å². The van der Waals surface area contributed by atoms with Gasteiger partial charge in [0.1, 0.15) is 11.5 Å². The van der Waals surface area contributed by atoms with Gasteiger partial charge in [-0.3, -0.25) is 9.59 Å². The minimum atomic E-state index is -0.446. The number of benzene rings is 1. The van der Waals surface area contributed by atoms with Gasteiger partial charge in [0.05, 0.1) is 19.6 Å². The summed E-state index contributed by atoms with van der Waals surface area (Å²) in [5.41, 5.74) is 0. The lowest BCUT2D eigenvalue weighted by molar-refractivity contribution is -0.146. The summed E-state index contributed by atoms with van der Waals surface area (Å²) in [7, 11) is 1.31. The molecule has 1 aromatic carbocycles. The molecule has 0 fully saturated rings. The maximum Gasteiger partial charge on any atom is 0.310 e. The smallest absolute Gasteiger partial charge is 0.310 e. The Balaban J connectivity index is 2.59. The molecular formula is C18H27NO6. The highest BCUT2D eigenvalue weighted by Gasteiger charge is 2.21. The van der Waals surface area contributed by atoms with Crippen LogP contribution in [0, 0.1) is 5.92 Å². The van der Waals surface area contributed by atoms with Gasteiger partial charge in [0.15, 0.2) is 6.61 Å². The minimum Gasteiger partial charge on any atom is -0.494 e. The molecule has 0 aliphatic heterocycles. The second kappa shape index (κ2) is 11.3. The van der Waals surface area contributed by atoms with Gasteiger partial charge >= 0.3 is 5.97 Å². The maximum atomic E-state index is 12.4. The van der Waals surface area contributed by atoms with Gasteiger partial charge in [0, 0.05) is 19.7 Å². The van der Waals surface area contributed by atoms with E-state index in [0.29, 0.717) is 25.3 Å². The van der Waals surface area contributed by atoms with Gasteiger partial charge in [-0.2, -0.15) is 0 Å². The third-order valence-electron chi connectivity index (χ3n) is 3.53. The Hall–Kier alpha value is -2.28. The molecule has 7 nitrogen and oxygen atoms in total. The lowest BCUT2D eigenvalue weighted by atomic mass is 10.1. The SMILES string of the molecule is CCOc1ccc(OCC(=O)N(CCCO)CC(C)C(=O)OC)cc1. The van der Waals surface area contributed by atoms with Crippen LogP contribution < -0.4 is 9.47 Å². The molecule has 1 aromatic rings. The Labute approximate surface area is 148 Å². The monoisotopic (exact) mass is 353 g/mol. The van der Waals surface area contributed by atoms with Crippen molar-refractivity contribution in [1.29, 1.82) is 0 Å². The van der Waals surface area contributed by atoms with Gasteiger partial charge < -0.3 is 24.2 Å². The van der Waals surface area contributed by atoms with Crippen LogP contribution in [0.15, 0.2) is 24.3 Å². The van der Waals surface area contributed by atoms with Gasteiger partial charge in [0.2, 0.25) is 0 Å². The number of ether oxygens (including phenoxy) is 3. The molecule has 1 rings (SSSR count). The molecule has 7 heteroatoms. The Morgan fingerprint density at radius 3 is 2.28 bits per heavy atom. The van der Waals surface area contributed by atoms with E-state index in [1.54, 1.807) is 31.2 Å². The van der Waals surface area contributed by atoms with E-state index in [1.165, 1.54) is 12.0 Å². The minimum absolute atomic E-state index is 0.0316. The molecule has 25 heavy (non-hydrogen) atoms. The van der Waals surface area contributed by atoms with Crippen molar-refractivity contribution in [2.45, 2.75) is 20.3 Å². The number of rotatable bonds is 11. The van der Waals surface area contributed by atoms with Crippen LogP contribution in [0.3, 0.4) is 0 Å². The molecule has 0 spiro atoms. The highest BCUT2D eigenvalue weighted by Crippen LogP contribution is 2.17. The number of nitrogens with zero attached hydrogens (tertiary/aromatic N) is 1. The van der Waals surface area contributed by atoms with Crippen molar-refractivity contribution in [2.24, 2.45) is 5.92 Å². The highest BCUT2D eigenvalue weighted by atomic mass is 16.5. The van der Waals surface area contributed by atoms with E-state index >= 15 is 0 Å². The summed E-state index contributed by atoms with van der Waals surface area (Å²) in [6, 6.07) is 7.00. The summed E-state index contributed by atoms with van der Waals surface area (Å²) < 4.78 is 15.5. The second-order valence-corrected chi connectivity index (χ2v) is 5.53. The first-order chi connectivity index (χ1) is 12.0. The molecule has 0 saturated carbocycles. The normalized spacial score (nSPS) is 11.5. The van der Waals surface area contributed by atoms with Gasteiger partial charge in [-0.15, -0.1) is 0 Å². The quantitative estimate of drug-likeness (QED) is 0.607. The van der Waals surface area contributed by atoms with Crippen LogP contribution in [-0.2, 0) is 14.3 Å². The van der Waals surface area contributed by atoms with Crippen LogP contribution in [0.1, 0.15) is 20.3 Å². The number of carbonyl (C=O) groups is 2. The molecule has 1 atom stereocenters. The van der Waals surface area contributed by atoms with Crippen LogP contribution in [-0.4, -0.2) is 61.9 Å². The number of amides is 1. The molecule has 0 bridgehead atoms. The molecule has 0 heterocycles. The summed E-state index contributed by atoms with van der Waals surface area (Å²) in [6.45, 7) is 4.57. The number of hydrogen-bond acceptors (Lipinski definition) is 6. The van der Waals surface area contributed by atoms with E-state index in [9.17, 15) is 9.59 Å². The summed E-state index contributed by atoms with van der Waals surface area (Å²) in [5.74, 6) is 0.211. The average Bonchev–Trinajstić information content (AvgIpc) is 2.63. The van der Waals surface area contributed by atoms with E-state index in [1.807, 2.05) is 6.92 Å². The largest absolute Gasteiger partial charge is 0.494 e. The molecular weight excluding hydrogens is 326 g/mol. The fourth-order valence-electron chi connectivity index (χ4n) is 2.22.